The van der Waals surface area contributed by atoms with Gasteiger partial charge in [0.05, 0.1) is 11.8 Å². The first kappa shape index (κ1) is 26.2. The molecule has 0 heterocycles. The van der Waals surface area contributed by atoms with Crippen LogP contribution in [-0.2, 0) is 27.3 Å². The van der Waals surface area contributed by atoms with Gasteiger partial charge in [0.15, 0.2) is 11.4 Å². The largest absolute Gasteiger partial charge is 0.511 e. The first-order chi connectivity index (χ1) is 18.5. The zero-order chi connectivity index (χ0) is 28.2. The summed E-state index contributed by atoms with van der Waals surface area (Å²) in [7, 11) is 1.44. The minimum absolute atomic E-state index is 0.0258. The molecule has 0 saturated carbocycles. The minimum atomic E-state index is -2.59. The number of aryl methyl sites for hydroxylation is 1. The summed E-state index contributed by atoms with van der Waals surface area (Å²) >= 11 is 0. The number of aromatic hydroxyl groups is 1. The van der Waals surface area contributed by atoms with Gasteiger partial charge in [-0.1, -0.05) is 30.3 Å². The molecule has 1 amide bonds. The van der Waals surface area contributed by atoms with Crippen molar-refractivity contribution < 1.29 is 39.6 Å². The number of benzene rings is 2. The lowest BCUT2D eigenvalue weighted by molar-refractivity contribution is -0.144. The van der Waals surface area contributed by atoms with Gasteiger partial charge >= 0.3 is 0 Å². The molecule has 0 unspecified atom stereocenters. The van der Waals surface area contributed by atoms with E-state index < -0.39 is 52.0 Å². The number of hydrogen-bond acceptors (Lipinski definition) is 9. The number of fused-ring (bicyclic) bond motifs is 3. The third kappa shape index (κ3) is 3.82. The molecule has 0 saturated heterocycles. The van der Waals surface area contributed by atoms with E-state index in [0.29, 0.717) is 12.0 Å². The number of nitrogens with zero attached hydrogens (tertiary/aromatic N) is 1. The number of allylic oxidation sites excluding steroid dienone is 2. The summed E-state index contributed by atoms with van der Waals surface area (Å²) in [6.45, 7) is 2.00. The van der Waals surface area contributed by atoms with E-state index in [1.165, 1.54) is 13.2 Å². The van der Waals surface area contributed by atoms with Crippen molar-refractivity contribution >= 4 is 23.7 Å². The highest BCUT2D eigenvalue weighted by Gasteiger charge is 2.59. The van der Waals surface area contributed by atoms with E-state index in [1.54, 1.807) is 12.3 Å². The molecule has 0 aromatic heterocycles. The summed E-state index contributed by atoms with van der Waals surface area (Å²) in [5.74, 6) is -6.53. The molecule has 3 aliphatic carbocycles. The maximum atomic E-state index is 13.8. The molecule has 0 aliphatic heterocycles. The van der Waals surface area contributed by atoms with Gasteiger partial charge in [0.1, 0.15) is 30.0 Å². The summed E-state index contributed by atoms with van der Waals surface area (Å²) in [4.78, 5) is 43.6. The van der Waals surface area contributed by atoms with Crippen molar-refractivity contribution in [2.45, 2.75) is 38.2 Å². The lowest BCUT2D eigenvalue weighted by atomic mass is 9.60. The summed E-state index contributed by atoms with van der Waals surface area (Å²) < 4.78 is 0. The normalized spacial score (nSPS) is 24.5. The summed E-state index contributed by atoms with van der Waals surface area (Å²) in [6.07, 6.45) is 2.27. The number of oxime groups is 1. The van der Waals surface area contributed by atoms with Crippen molar-refractivity contribution in [3.63, 3.8) is 0 Å². The number of ketones is 2. The van der Waals surface area contributed by atoms with Gasteiger partial charge in [-0.05, 0) is 65.1 Å². The Balaban J connectivity index is 1.68. The van der Waals surface area contributed by atoms with Crippen LogP contribution < -0.4 is 5.73 Å². The van der Waals surface area contributed by atoms with E-state index in [0.717, 1.165) is 22.3 Å². The van der Waals surface area contributed by atoms with Gasteiger partial charge in [0.25, 0.3) is 5.91 Å². The van der Waals surface area contributed by atoms with Gasteiger partial charge in [0.2, 0.25) is 5.78 Å². The third-order valence-corrected chi connectivity index (χ3v) is 8.06. The Bertz CT molecular complexity index is 1540. The zero-order valence-electron chi connectivity index (χ0n) is 21.4. The molecule has 2 aromatic rings. The quantitative estimate of drug-likeness (QED) is 0.221. The Morgan fingerprint density at radius 2 is 1.90 bits per heavy atom. The molecular formula is C29H28N2O8. The van der Waals surface area contributed by atoms with Crippen LogP contribution in [0.4, 0.5) is 0 Å². The molecule has 3 aliphatic rings. The fourth-order valence-electron chi connectivity index (χ4n) is 6.22. The maximum Gasteiger partial charge on any atom is 0.255 e. The number of carbonyl (C=O) groups excluding carboxylic acids is 3. The van der Waals surface area contributed by atoms with Crippen LogP contribution in [0, 0.1) is 11.8 Å². The lowest BCUT2D eigenvalue weighted by Gasteiger charge is -2.45. The van der Waals surface area contributed by atoms with Gasteiger partial charge < -0.3 is 31.0 Å². The molecule has 2 aromatic carbocycles. The molecule has 0 spiro atoms. The van der Waals surface area contributed by atoms with E-state index in [-0.39, 0.29) is 36.1 Å². The van der Waals surface area contributed by atoms with Crippen LogP contribution in [-0.4, -0.2) is 56.8 Å². The fourth-order valence-corrected chi connectivity index (χ4v) is 6.22. The first-order valence-corrected chi connectivity index (χ1v) is 12.6. The standard InChI is InChI=1S/C29H28N2O8/c1-3-14-5-4-13(12-31-39-2)8-18(14)17-6-7-20(32)23-19(17)10-15-9-16-11-21(33)24(28(30)37)27(36)29(16,38)26(35)22(15)25(23)34/h4-8,12,15-16,32-33,35,38H,3,9-11H2,1-2H3,(H2,30,37)/b31-12+/t15-,16+,29+/m1/s1. The number of carbonyl (C=O) groups is 3. The Morgan fingerprint density at radius 1 is 1.15 bits per heavy atom. The maximum absolute atomic E-state index is 13.8. The van der Waals surface area contributed by atoms with Crippen molar-refractivity contribution in [1.29, 1.82) is 0 Å². The van der Waals surface area contributed by atoms with Gasteiger partial charge in [0, 0.05) is 17.9 Å². The number of aliphatic hydroxyl groups is 3. The lowest BCUT2D eigenvalue weighted by Crippen LogP contribution is -2.57. The van der Waals surface area contributed by atoms with E-state index in [9.17, 15) is 34.8 Å². The molecule has 10 heteroatoms. The fraction of sp³-hybridized carbons (Fsp3) is 0.310. The summed E-state index contributed by atoms with van der Waals surface area (Å²) in [6, 6.07) is 8.89. The number of aliphatic hydroxyl groups excluding tert-OH is 2. The van der Waals surface area contributed by atoms with Gasteiger partial charge in [-0.15, -0.1) is 0 Å². The molecular weight excluding hydrogens is 504 g/mol. The number of amides is 1. The molecule has 5 rings (SSSR count). The highest BCUT2D eigenvalue weighted by Crippen LogP contribution is 2.52. The van der Waals surface area contributed by atoms with Crippen LogP contribution in [0.1, 0.15) is 46.8 Å². The van der Waals surface area contributed by atoms with E-state index in [1.807, 2.05) is 25.1 Å². The van der Waals surface area contributed by atoms with Crippen molar-refractivity contribution in [3.05, 3.63) is 75.3 Å². The topological polar surface area (TPSA) is 180 Å². The van der Waals surface area contributed by atoms with E-state index in [2.05, 4.69) is 5.16 Å². The monoisotopic (exact) mass is 532 g/mol. The van der Waals surface area contributed by atoms with Crippen molar-refractivity contribution in [2.24, 2.45) is 22.7 Å². The smallest absolute Gasteiger partial charge is 0.255 e. The van der Waals surface area contributed by atoms with E-state index in [4.69, 9.17) is 10.6 Å². The average molecular weight is 533 g/mol. The number of Topliss-reactive ketones (excluding diaryl/α,β-unsaturated/α-hetero) is 2. The number of phenols is 1. The number of hydrogen-bond donors (Lipinski definition) is 5. The summed E-state index contributed by atoms with van der Waals surface area (Å²) in [5.41, 5.74) is 5.54. The minimum Gasteiger partial charge on any atom is -0.511 e. The van der Waals surface area contributed by atoms with E-state index >= 15 is 0 Å². The molecule has 0 radical (unpaired) electrons. The molecule has 3 atom stereocenters. The molecule has 0 bridgehead atoms. The second-order valence-electron chi connectivity index (χ2n) is 10.1. The third-order valence-electron chi connectivity index (χ3n) is 8.06. The molecule has 202 valence electrons. The highest BCUT2D eigenvalue weighted by molar-refractivity contribution is 6.24. The average Bonchev–Trinajstić information content (AvgIpc) is 2.89. The molecule has 39 heavy (non-hydrogen) atoms. The SMILES string of the molecule is CCc1ccc(/C=N/OC)cc1-c1ccc(O)c2c1C[C@H]1C[C@H]3CC(O)=C(C(N)=O)C(=O)[C@@]3(O)C(O)=C1C2=O. The highest BCUT2D eigenvalue weighted by atomic mass is 16.6. The molecule has 0 fully saturated rings. The number of rotatable bonds is 5. The molecule has 6 N–H and O–H groups in total. The number of phenolic OH excluding ortho intramolecular Hbond substituents is 1. The Hall–Kier alpha value is -4.44. The first-order valence-electron chi connectivity index (χ1n) is 12.6. The van der Waals surface area contributed by atoms with Gasteiger partial charge in [-0.3, -0.25) is 14.4 Å². The van der Waals surface area contributed by atoms with Crippen molar-refractivity contribution in [2.75, 3.05) is 7.11 Å². The number of nitrogens with two attached hydrogens (primary N) is 1. The number of primary amides is 1. The summed E-state index contributed by atoms with van der Waals surface area (Å²) in [5, 5.41) is 47.6. The van der Waals surface area contributed by atoms with Crippen molar-refractivity contribution in [3.8, 4) is 16.9 Å². The van der Waals surface area contributed by atoms with Gasteiger partial charge in [-0.2, -0.15) is 0 Å². The van der Waals surface area contributed by atoms with Gasteiger partial charge in [-0.25, -0.2) is 0 Å². The van der Waals surface area contributed by atoms with Crippen LogP contribution in [0.2, 0.25) is 0 Å². The second-order valence-corrected chi connectivity index (χ2v) is 10.1. The zero-order valence-corrected chi connectivity index (χ0v) is 21.4. The molecule has 10 nitrogen and oxygen atoms in total. The second kappa shape index (κ2) is 9.39. The van der Waals surface area contributed by atoms with Crippen LogP contribution in [0.15, 0.2) is 58.2 Å². The Kier molecular flexibility index (Phi) is 6.30. The van der Waals surface area contributed by atoms with Crippen LogP contribution in [0.25, 0.3) is 11.1 Å². The Labute approximate surface area is 223 Å². The van der Waals surface area contributed by atoms with Crippen molar-refractivity contribution in [1.82, 2.24) is 0 Å². The van der Waals surface area contributed by atoms with Crippen LogP contribution in [0.5, 0.6) is 5.75 Å². The van der Waals surface area contributed by atoms with Crippen LogP contribution >= 0.6 is 0 Å². The Morgan fingerprint density at radius 3 is 2.56 bits per heavy atom. The predicted molar refractivity (Wildman–Crippen MR) is 140 cm³/mol. The predicted octanol–water partition coefficient (Wildman–Crippen LogP) is 2.79. The van der Waals surface area contributed by atoms with Crippen LogP contribution in [0.3, 0.4) is 0 Å².